The van der Waals surface area contributed by atoms with Gasteiger partial charge in [0.25, 0.3) is 0 Å². The van der Waals surface area contributed by atoms with Crippen molar-refractivity contribution < 1.29 is 22.2 Å². The first kappa shape index (κ1) is 17.6. The molecule has 1 heteroatoms. The molecule has 0 saturated heterocycles. The Bertz CT molecular complexity index is 3530. The van der Waals surface area contributed by atoms with Crippen molar-refractivity contribution in [2.24, 2.45) is 0 Å². The number of fused-ring (bicyclic) bond motifs is 6. The van der Waals surface area contributed by atoms with Gasteiger partial charge in [0.05, 0.1) is 17.8 Å². The number of hydrogen-bond donors (Lipinski definition) is 0. The molecule has 0 bridgehead atoms. The van der Waals surface area contributed by atoms with Gasteiger partial charge in [-0.05, 0) is 95.0 Å². The van der Waals surface area contributed by atoms with Crippen LogP contribution in [0.3, 0.4) is 0 Å². The number of hydrogen-bond acceptors (Lipinski definition) is 1. The molecule has 49 heavy (non-hydrogen) atoms. The van der Waals surface area contributed by atoms with Crippen LogP contribution in [-0.2, 0) is 0 Å². The summed E-state index contributed by atoms with van der Waals surface area (Å²) in [6.07, 6.45) is 0. The molecule has 9 aromatic carbocycles. The smallest absolute Gasteiger partial charge is 0.136 e. The molecular formula is C48H30O. The Morgan fingerprint density at radius 3 is 1.73 bits per heavy atom. The van der Waals surface area contributed by atoms with Crippen molar-refractivity contribution in [1.29, 1.82) is 0 Å². The van der Waals surface area contributed by atoms with Gasteiger partial charge in [-0.15, -0.1) is 0 Å². The summed E-state index contributed by atoms with van der Waals surface area (Å²) in [4.78, 5) is 0. The quantitative estimate of drug-likeness (QED) is 0.175. The van der Waals surface area contributed by atoms with Crippen LogP contribution in [-0.4, -0.2) is 0 Å². The highest BCUT2D eigenvalue weighted by atomic mass is 16.3. The third kappa shape index (κ3) is 4.40. The van der Waals surface area contributed by atoms with Crippen molar-refractivity contribution in [3.63, 3.8) is 0 Å². The highest BCUT2D eigenvalue weighted by Crippen LogP contribution is 2.47. The van der Waals surface area contributed by atoms with E-state index in [-0.39, 0.29) is 85.7 Å². The Morgan fingerprint density at radius 2 is 0.980 bits per heavy atom. The second-order valence-corrected chi connectivity index (χ2v) is 11.8. The van der Waals surface area contributed by atoms with Crippen LogP contribution >= 0.6 is 0 Å². The summed E-state index contributed by atoms with van der Waals surface area (Å²) < 4.78 is 121. The fraction of sp³-hybridized carbons (Fsp3) is 0. The Hall–Kier alpha value is -6.44. The second-order valence-electron chi connectivity index (χ2n) is 11.8. The lowest BCUT2D eigenvalue weighted by Crippen LogP contribution is -1.91. The molecular weight excluding hydrogens is 593 g/mol. The van der Waals surface area contributed by atoms with Gasteiger partial charge in [0.2, 0.25) is 0 Å². The zero-order chi connectivity index (χ0) is 43.6. The minimum absolute atomic E-state index is 0.00467. The molecule has 1 heterocycles. The van der Waals surface area contributed by atoms with Crippen molar-refractivity contribution >= 4 is 54.3 Å². The van der Waals surface area contributed by atoms with Crippen LogP contribution in [0, 0.1) is 0 Å². The molecule has 0 aliphatic carbocycles. The zero-order valence-corrected chi connectivity index (χ0v) is 25.7. The van der Waals surface area contributed by atoms with Gasteiger partial charge >= 0.3 is 0 Å². The highest BCUT2D eigenvalue weighted by Gasteiger charge is 2.20. The lowest BCUT2D eigenvalue weighted by molar-refractivity contribution is 0.669. The maximum Gasteiger partial charge on any atom is 0.136 e. The van der Waals surface area contributed by atoms with E-state index in [9.17, 15) is 2.74 Å². The highest BCUT2D eigenvalue weighted by molar-refractivity contribution is 6.25. The van der Waals surface area contributed by atoms with E-state index < -0.39 is 42.3 Å². The Labute approximate surface area is 302 Å². The van der Waals surface area contributed by atoms with Crippen LogP contribution < -0.4 is 0 Å². The number of furan rings is 1. The molecule has 0 radical (unpaired) electrons. The predicted octanol–water partition coefficient (Wildman–Crippen LogP) is 13.7. The first-order chi connectivity index (χ1) is 29.7. The SMILES string of the molecule is [2H]c1c(-c2ccccc2)c([2H])c2c(oc3c([2H])c([2H])c([2H])c(-c4c5ccccc5c(-c5ccc(-c6c([2H])c([2H])c([2H])c7c([2H])c([2H])c([2H])c([2H])c67)cc5)c5ccccc45)c32)c1[2H]. The van der Waals surface area contributed by atoms with Crippen molar-refractivity contribution in [2.45, 2.75) is 0 Å². The van der Waals surface area contributed by atoms with E-state index in [1.165, 1.54) is 0 Å². The third-order valence-electron chi connectivity index (χ3n) is 9.09. The third-order valence-corrected chi connectivity index (χ3v) is 9.09. The molecule has 1 aromatic heterocycles. The number of benzene rings is 9. The predicted molar refractivity (Wildman–Crippen MR) is 208 cm³/mol. The fourth-order valence-corrected chi connectivity index (χ4v) is 6.93. The topological polar surface area (TPSA) is 13.1 Å². The standard InChI is InChI=1S/C48H30O/c1-2-12-31(13-3-1)35-28-29-44-43(30-35)48-42(22-11-23-45(48)49-44)47-40-19-8-6-17-38(40)46(39-18-7-9-20-41(39)47)34-26-24-33(25-27-34)37-21-10-15-32-14-4-5-16-36(32)37/h1-30H/i4D,5D,10D,11D,14D,15D,16D,21D,22D,23D,28D,29D,30D. The number of rotatable bonds is 4. The van der Waals surface area contributed by atoms with Gasteiger partial charge in [-0.3, -0.25) is 0 Å². The summed E-state index contributed by atoms with van der Waals surface area (Å²) in [5.74, 6) is 0. The van der Waals surface area contributed by atoms with E-state index in [4.69, 9.17) is 19.5 Å². The monoisotopic (exact) mass is 635 g/mol. The molecule has 0 N–H and O–H groups in total. The summed E-state index contributed by atoms with van der Waals surface area (Å²) in [7, 11) is 0. The Morgan fingerprint density at radius 1 is 0.367 bits per heavy atom. The van der Waals surface area contributed by atoms with Gasteiger partial charge in [-0.2, -0.15) is 0 Å². The summed E-state index contributed by atoms with van der Waals surface area (Å²) in [6.45, 7) is 0. The van der Waals surface area contributed by atoms with Gasteiger partial charge in [0, 0.05) is 10.8 Å². The molecule has 0 atom stereocenters. The molecule has 10 aromatic rings. The van der Waals surface area contributed by atoms with Crippen molar-refractivity contribution in [1.82, 2.24) is 0 Å². The lowest BCUT2D eigenvalue weighted by Gasteiger charge is -2.18. The van der Waals surface area contributed by atoms with Crippen LogP contribution in [0.4, 0.5) is 0 Å². The normalized spacial score (nSPS) is 15.4. The minimum Gasteiger partial charge on any atom is -0.456 e. The van der Waals surface area contributed by atoms with Crippen LogP contribution in [0.1, 0.15) is 17.8 Å². The van der Waals surface area contributed by atoms with Crippen LogP contribution in [0.15, 0.2) is 186 Å². The maximum absolute atomic E-state index is 9.54. The molecule has 1 nitrogen and oxygen atoms in total. The maximum atomic E-state index is 9.54. The molecule has 0 spiro atoms. The van der Waals surface area contributed by atoms with Gasteiger partial charge in [0.1, 0.15) is 11.2 Å². The van der Waals surface area contributed by atoms with E-state index in [1.807, 2.05) is 66.7 Å². The average molecular weight is 636 g/mol. The lowest BCUT2D eigenvalue weighted by atomic mass is 9.84. The molecule has 0 fully saturated rings. The molecule has 10 rings (SSSR count). The second kappa shape index (κ2) is 11.1. The van der Waals surface area contributed by atoms with Crippen LogP contribution in [0.2, 0.25) is 0 Å². The Kier molecular flexibility index (Phi) is 3.99. The summed E-state index contributed by atoms with van der Waals surface area (Å²) in [5.41, 5.74) is 3.52. The van der Waals surface area contributed by atoms with E-state index >= 15 is 0 Å². The first-order valence-corrected chi connectivity index (χ1v) is 15.8. The minimum atomic E-state index is -0.523. The fourth-order valence-electron chi connectivity index (χ4n) is 6.93. The van der Waals surface area contributed by atoms with Gasteiger partial charge in [-0.25, -0.2) is 0 Å². The molecule has 0 aliphatic rings. The van der Waals surface area contributed by atoms with E-state index in [0.29, 0.717) is 27.5 Å². The molecule has 0 saturated carbocycles. The van der Waals surface area contributed by atoms with Gasteiger partial charge in [0.15, 0.2) is 0 Å². The molecule has 0 amide bonds. The van der Waals surface area contributed by atoms with Crippen molar-refractivity contribution in [3.05, 3.63) is 182 Å². The van der Waals surface area contributed by atoms with E-state index in [0.717, 1.165) is 21.9 Å². The molecule has 228 valence electrons. The van der Waals surface area contributed by atoms with Crippen molar-refractivity contribution in [2.75, 3.05) is 0 Å². The van der Waals surface area contributed by atoms with E-state index in [2.05, 4.69) is 0 Å². The van der Waals surface area contributed by atoms with Crippen molar-refractivity contribution in [3.8, 4) is 44.5 Å². The van der Waals surface area contributed by atoms with Gasteiger partial charge < -0.3 is 4.42 Å². The summed E-state index contributed by atoms with van der Waals surface area (Å²) >= 11 is 0. The van der Waals surface area contributed by atoms with E-state index in [1.54, 1.807) is 36.4 Å². The van der Waals surface area contributed by atoms with Crippen LogP contribution in [0.25, 0.3) is 98.8 Å². The largest absolute Gasteiger partial charge is 0.456 e. The average Bonchev–Trinajstić information content (AvgIpc) is 3.69. The molecule has 0 unspecified atom stereocenters. The zero-order valence-electron chi connectivity index (χ0n) is 38.7. The van der Waals surface area contributed by atoms with Crippen LogP contribution in [0.5, 0.6) is 0 Å². The Balaban J connectivity index is 1.27. The molecule has 0 aliphatic heterocycles. The summed E-state index contributed by atoms with van der Waals surface area (Å²) in [5, 5.41) is 3.16. The van der Waals surface area contributed by atoms with Gasteiger partial charge in [-0.1, -0.05) is 164 Å². The summed E-state index contributed by atoms with van der Waals surface area (Å²) in [6, 6.07) is 26.5. The first-order valence-electron chi connectivity index (χ1n) is 22.3.